The molecule has 0 spiro atoms. The second kappa shape index (κ2) is 6.03. The number of hydrogen-bond acceptors (Lipinski definition) is 4. The van der Waals surface area contributed by atoms with Crippen LogP contribution in [0.3, 0.4) is 0 Å². The van der Waals surface area contributed by atoms with Crippen LogP contribution in [-0.4, -0.2) is 18.9 Å². The average Bonchev–Trinajstić information content (AvgIpc) is 2.94. The maximum atomic E-state index is 13.4. The van der Waals surface area contributed by atoms with Gasteiger partial charge in [0.1, 0.15) is 5.82 Å². The molecule has 0 saturated heterocycles. The summed E-state index contributed by atoms with van der Waals surface area (Å²) in [6, 6.07) is 8.88. The average molecular weight is 321 g/mol. The number of carbonyl (C=O) groups is 1. The normalized spacial score (nSPS) is 12.6. The first-order valence-corrected chi connectivity index (χ1v) is 6.70. The van der Waals surface area contributed by atoms with Gasteiger partial charge in [0.15, 0.2) is 11.5 Å². The molecule has 0 bridgehead atoms. The van der Waals surface area contributed by atoms with Gasteiger partial charge in [-0.05, 0) is 18.2 Å². The maximum absolute atomic E-state index is 13.4. The SMILES string of the molecule is O=C(N/N=C\c1cc2c(cc1Cl)OCO2)c1ccccc1F. The summed E-state index contributed by atoms with van der Waals surface area (Å²) in [5.74, 6) is -0.161. The van der Waals surface area contributed by atoms with Crippen molar-refractivity contribution < 1.29 is 18.7 Å². The molecule has 1 aliphatic heterocycles. The smallest absolute Gasteiger partial charge is 0.274 e. The second-order valence-electron chi connectivity index (χ2n) is 4.41. The largest absolute Gasteiger partial charge is 0.454 e. The van der Waals surface area contributed by atoms with E-state index in [0.29, 0.717) is 22.1 Å². The molecule has 0 saturated carbocycles. The maximum Gasteiger partial charge on any atom is 0.274 e. The van der Waals surface area contributed by atoms with Crippen LogP contribution in [0.2, 0.25) is 5.02 Å². The lowest BCUT2D eigenvalue weighted by Gasteiger charge is -2.02. The summed E-state index contributed by atoms with van der Waals surface area (Å²) in [6.45, 7) is 0.135. The summed E-state index contributed by atoms with van der Waals surface area (Å²) in [4.78, 5) is 11.8. The van der Waals surface area contributed by atoms with Gasteiger partial charge in [0.25, 0.3) is 5.91 Å². The summed E-state index contributed by atoms with van der Waals surface area (Å²) in [5, 5.41) is 4.17. The molecule has 5 nitrogen and oxygen atoms in total. The third-order valence-electron chi connectivity index (χ3n) is 2.98. The van der Waals surface area contributed by atoms with Gasteiger partial charge >= 0.3 is 0 Å². The predicted molar refractivity (Wildman–Crippen MR) is 79.0 cm³/mol. The number of carbonyl (C=O) groups excluding carboxylic acids is 1. The van der Waals surface area contributed by atoms with E-state index in [-0.39, 0.29) is 12.4 Å². The minimum atomic E-state index is -0.647. The van der Waals surface area contributed by atoms with Gasteiger partial charge in [0.05, 0.1) is 16.8 Å². The van der Waals surface area contributed by atoms with E-state index in [4.69, 9.17) is 21.1 Å². The Hall–Kier alpha value is -2.60. The molecule has 3 rings (SSSR count). The van der Waals surface area contributed by atoms with Crippen LogP contribution in [0.4, 0.5) is 4.39 Å². The first kappa shape index (κ1) is 14.3. The number of nitrogens with zero attached hydrogens (tertiary/aromatic N) is 1. The quantitative estimate of drug-likeness (QED) is 0.698. The summed E-state index contributed by atoms with van der Waals surface area (Å²) < 4.78 is 23.9. The van der Waals surface area contributed by atoms with E-state index in [1.807, 2.05) is 0 Å². The lowest BCUT2D eigenvalue weighted by Crippen LogP contribution is -2.18. The van der Waals surface area contributed by atoms with Gasteiger partial charge in [-0.25, -0.2) is 9.82 Å². The number of rotatable bonds is 3. The molecule has 0 aliphatic carbocycles. The Morgan fingerprint density at radius 2 is 2.00 bits per heavy atom. The fraction of sp³-hybridized carbons (Fsp3) is 0.0667. The van der Waals surface area contributed by atoms with Crippen molar-refractivity contribution in [2.24, 2.45) is 5.10 Å². The van der Waals surface area contributed by atoms with Crippen LogP contribution in [0.25, 0.3) is 0 Å². The number of fused-ring (bicyclic) bond motifs is 1. The zero-order valence-corrected chi connectivity index (χ0v) is 11.9. The Bertz CT molecular complexity index is 764. The number of hydrogen-bond donors (Lipinski definition) is 1. The first-order chi connectivity index (χ1) is 10.6. The molecule has 1 amide bonds. The number of nitrogens with one attached hydrogen (secondary N) is 1. The second-order valence-corrected chi connectivity index (χ2v) is 4.81. The van der Waals surface area contributed by atoms with Crippen LogP contribution >= 0.6 is 11.6 Å². The Morgan fingerprint density at radius 1 is 1.27 bits per heavy atom. The van der Waals surface area contributed by atoms with E-state index in [0.717, 1.165) is 0 Å². The molecule has 2 aromatic carbocycles. The Labute approximate surface area is 130 Å². The third-order valence-corrected chi connectivity index (χ3v) is 3.31. The van der Waals surface area contributed by atoms with Crippen LogP contribution in [0.5, 0.6) is 11.5 Å². The van der Waals surface area contributed by atoms with Gasteiger partial charge in [-0.2, -0.15) is 5.10 Å². The molecule has 0 radical (unpaired) electrons. The van der Waals surface area contributed by atoms with E-state index in [2.05, 4.69) is 10.5 Å². The molecule has 0 aromatic heterocycles. The predicted octanol–water partition coefficient (Wildman–Crippen LogP) is 2.97. The van der Waals surface area contributed by atoms with Gasteiger partial charge in [-0.3, -0.25) is 4.79 Å². The molecule has 112 valence electrons. The lowest BCUT2D eigenvalue weighted by atomic mass is 10.2. The number of hydrazone groups is 1. The molecular weight excluding hydrogens is 311 g/mol. The van der Waals surface area contributed by atoms with Crippen molar-refractivity contribution >= 4 is 23.7 Å². The molecular formula is C15H10ClFN2O3. The van der Waals surface area contributed by atoms with Gasteiger partial charge in [0.2, 0.25) is 6.79 Å². The topological polar surface area (TPSA) is 59.9 Å². The molecule has 1 aliphatic rings. The minimum absolute atomic E-state index is 0.0866. The van der Waals surface area contributed by atoms with E-state index < -0.39 is 11.7 Å². The first-order valence-electron chi connectivity index (χ1n) is 6.32. The molecule has 2 aromatic rings. The standard InChI is InChI=1S/C15H10ClFN2O3/c16-11-6-14-13(21-8-22-14)5-9(11)7-18-19-15(20)10-3-1-2-4-12(10)17/h1-7H,8H2,(H,19,20)/b18-7-. The van der Waals surface area contributed by atoms with Gasteiger partial charge in [-0.15, -0.1) is 0 Å². The van der Waals surface area contributed by atoms with Crippen molar-refractivity contribution in [1.29, 1.82) is 0 Å². The summed E-state index contributed by atoms with van der Waals surface area (Å²) >= 11 is 6.07. The zero-order chi connectivity index (χ0) is 15.5. The van der Waals surface area contributed by atoms with Crippen LogP contribution in [-0.2, 0) is 0 Å². The van der Waals surface area contributed by atoms with Crippen LogP contribution in [0.15, 0.2) is 41.5 Å². The minimum Gasteiger partial charge on any atom is -0.454 e. The highest BCUT2D eigenvalue weighted by molar-refractivity contribution is 6.33. The van der Waals surface area contributed by atoms with Gasteiger partial charge in [0, 0.05) is 11.6 Å². The van der Waals surface area contributed by atoms with Gasteiger partial charge in [-0.1, -0.05) is 23.7 Å². The monoisotopic (exact) mass is 320 g/mol. The Kier molecular flexibility index (Phi) is 3.93. The van der Waals surface area contributed by atoms with Crippen molar-refractivity contribution in [2.75, 3.05) is 6.79 Å². The van der Waals surface area contributed by atoms with E-state index >= 15 is 0 Å². The third kappa shape index (κ3) is 2.87. The van der Waals surface area contributed by atoms with Crippen LogP contribution < -0.4 is 14.9 Å². The number of amides is 1. The summed E-state index contributed by atoms with van der Waals surface area (Å²) in [7, 11) is 0. The van der Waals surface area contributed by atoms with Crippen molar-refractivity contribution in [3.05, 3.63) is 58.4 Å². The molecule has 0 atom stereocenters. The zero-order valence-electron chi connectivity index (χ0n) is 11.2. The lowest BCUT2D eigenvalue weighted by molar-refractivity contribution is 0.0951. The van der Waals surface area contributed by atoms with Crippen LogP contribution in [0, 0.1) is 5.82 Å². The summed E-state index contributed by atoms with van der Waals surface area (Å²) in [6.07, 6.45) is 1.35. The Morgan fingerprint density at radius 3 is 2.77 bits per heavy atom. The Balaban J connectivity index is 1.73. The van der Waals surface area contributed by atoms with Crippen molar-refractivity contribution in [2.45, 2.75) is 0 Å². The van der Waals surface area contributed by atoms with E-state index in [9.17, 15) is 9.18 Å². The van der Waals surface area contributed by atoms with E-state index in [1.54, 1.807) is 18.2 Å². The fourth-order valence-corrected chi connectivity index (χ4v) is 2.10. The van der Waals surface area contributed by atoms with Gasteiger partial charge < -0.3 is 9.47 Å². The van der Waals surface area contributed by atoms with Crippen LogP contribution in [0.1, 0.15) is 15.9 Å². The number of halogens is 2. The summed E-state index contributed by atoms with van der Waals surface area (Å²) in [5.41, 5.74) is 2.70. The molecule has 1 N–H and O–H groups in total. The number of ether oxygens (including phenoxy) is 2. The molecule has 0 unspecified atom stereocenters. The molecule has 0 fully saturated rings. The highest BCUT2D eigenvalue weighted by Crippen LogP contribution is 2.36. The highest BCUT2D eigenvalue weighted by Gasteiger charge is 2.16. The van der Waals surface area contributed by atoms with Crippen molar-refractivity contribution in [3.8, 4) is 11.5 Å². The fourth-order valence-electron chi connectivity index (χ4n) is 1.90. The molecule has 22 heavy (non-hydrogen) atoms. The number of benzene rings is 2. The molecule has 1 heterocycles. The van der Waals surface area contributed by atoms with Crippen molar-refractivity contribution in [3.63, 3.8) is 0 Å². The van der Waals surface area contributed by atoms with Crippen molar-refractivity contribution in [1.82, 2.24) is 5.43 Å². The van der Waals surface area contributed by atoms with E-state index in [1.165, 1.54) is 24.4 Å². The highest BCUT2D eigenvalue weighted by atomic mass is 35.5. The molecule has 7 heteroatoms.